The molecule has 0 amide bonds. The van der Waals surface area contributed by atoms with E-state index in [9.17, 15) is 9.59 Å². The highest BCUT2D eigenvalue weighted by molar-refractivity contribution is 6.17. The summed E-state index contributed by atoms with van der Waals surface area (Å²) in [5.41, 5.74) is 4.27. The van der Waals surface area contributed by atoms with Gasteiger partial charge in [-0.2, -0.15) is 0 Å². The van der Waals surface area contributed by atoms with Crippen molar-refractivity contribution < 1.29 is 9.59 Å². The van der Waals surface area contributed by atoms with Crippen LogP contribution in [0.4, 0.5) is 0 Å². The third-order valence-electron chi connectivity index (χ3n) is 3.81. The quantitative estimate of drug-likeness (QED) is 0.754. The monoisotopic (exact) mass is 254 g/mol. The number of hydrogen-bond acceptors (Lipinski definition) is 2. The number of fused-ring (bicyclic) bond motifs is 1. The maximum absolute atomic E-state index is 12.0. The third-order valence-corrected chi connectivity index (χ3v) is 3.81. The molecule has 0 saturated carbocycles. The molecule has 0 atom stereocenters. The molecule has 2 aromatic carbocycles. The first kappa shape index (κ1) is 13.5. The van der Waals surface area contributed by atoms with E-state index in [1.807, 2.05) is 39.0 Å². The zero-order valence-electron chi connectivity index (χ0n) is 12.0. The van der Waals surface area contributed by atoms with Gasteiger partial charge in [0.05, 0.1) is 0 Å². The average Bonchev–Trinajstić information content (AvgIpc) is 2.32. The molecule has 0 N–H and O–H groups in total. The van der Waals surface area contributed by atoms with Gasteiger partial charge in [-0.1, -0.05) is 18.2 Å². The Labute approximate surface area is 113 Å². The van der Waals surface area contributed by atoms with Gasteiger partial charge in [0.1, 0.15) is 0 Å². The molecule has 0 bridgehead atoms. The largest absolute Gasteiger partial charge is 0.294 e. The molecule has 0 aliphatic heterocycles. The van der Waals surface area contributed by atoms with Crippen molar-refractivity contribution in [3.63, 3.8) is 0 Å². The maximum Gasteiger partial charge on any atom is 0.161 e. The number of aryl methyl sites for hydroxylation is 2. The molecular weight excluding hydrogens is 236 g/mol. The van der Waals surface area contributed by atoms with Gasteiger partial charge < -0.3 is 0 Å². The summed E-state index contributed by atoms with van der Waals surface area (Å²) in [5, 5.41) is 1.98. The van der Waals surface area contributed by atoms with E-state index in [0.717, 1.165) is 27.5 Å². The van der Waals surface area contributed by atoms with Crippen molar-refractivity contribution >= 4 is 22.3 Å². The van der Waals surface area contributed by atoms with Crippen LogP contribution in [-0.2, 0) is 0 Å². The number of rotatable bonds is 2. The molecule has 0 unspecified atom stereocenters. The van der Waals surface area contributed by atoms with Crippen LogP contribution in [0, 0.1) is 20.8 Å². The summed E-state index contributed by atoms with van der Waals surface area (Å²) in [6.07, 6.45) is 0. The summed E-state index contributed by atoms with van der Waals surface area (Å²) >= 11 is 0. The summed E-state index contributed by atoms with van der Waals surface area (Å²) in [7, 11) is 0. The molecule has 0 aliphatic carbocycles. The predicted octanol–water partition coefficient (Wildman–Crippen LogP) is 4.17. The number of ketones is 2. The Hall–Kier alpha value is -1.96. The molecule has 0 saturated heterocycles. The molecule has 2 aromatic rings. The Morgan fingerprint density at radius 1 is 0.842 bits per heavy atom. The fourth-order valence-electron chi connectivity index (χ4n) is 2.88. The first-order valence-electron chi connectivity index (χ1n) is 6.40. The zero-order valence-corrected chi connectivity index (χ0v) is 12.0. The van der Waals surface area contributed by atoms with Crippen molar-refractivity contribution in [2.24, 2.45) is 0 Å². The Kier molecular flexibility index (Phi) is 3.27. The highest BCUT2D eigenvalue weighted by Gasteiger charge is 2.20. The van der Waals surface area contributed by atoms with Gasteiger partial charge in [0.15, 0.2) is 11.6 Å². The molecule has 0 aliphatic rings. The fourth-order valence-corrected chi connectivity index (χ4v) is 2.88. The van der Waals surface area contributed by atoms with Crippen LogP contribution in [0.25, 0.3) is 10.8 Å². The summed E-state index contributed by atoms with van der Waals surface area (Å²) in [6, 6.07) is 5.90. The summed E-state index contributed by atoms with van der Waals surface area (Å²) in [4.78, 5) is 23.9. The maximum atomic E-state index is 12.0. The number of Topliss-reactive ketones (excluding diaryl/α,β-unsaturated/α-hetero) is 2. The van der Waals surface area contributed by atoms with E-state index in [0.29, 0.717) is 11.1 Å². The van der Waals surface area contributed by atoms with E-state index < -0.39 is 0 Å². The number of benzene rings is 2. The van der Waals surface area contributed by atoms with E-state index >= 15 is 0 Å². The van der Waals surface area contributed by atoms with E-state index in [1.54, 1.807) is 0 Å². The van der Waals surface area contributed by atoms with E-state index in [1.165, 1.54) is 13.8 Å². The third kappa shape index (κ3) is 1.97. The van der Waals surface area contributed by atoms with E-state index in [2.05, 4.69) is 0 Å². The minimum absolute atomic E-state index is 0.0470. The lowest BCUT2D eigenvalue weighted by Crippen LogP contribution is -2.10. The molecule has 0 heterocycles. The minimum Gasteiger partial charge on any atom is -0.294 e. The molecule has 2 rings (SSSR count). The van der Waals surface area contributed by atoms with Crippen molar-refractivity contribution in [1.29, 1.82) is 0 Å². The summed E-state index contributed by atoms with van der Waals surface area (Å²) in [6.45, 7) is 9.02. The van der Waals surface area contributed by atoms with Crippen LogP contribution in [0.5, 0.6) is 0 Å². The van der Waals surface area contributed by atoms with Crippen molar-refractivity contribution in [1.82, 2.24) is 0 Å². The van der Waals surface area contributed by atoms with Crippen LogP contribution < -0.4 is 0 Å². The second kappa shape index (κ2) is 4.61. The molecule has 2 heteroatoms. The van der Waals surface area contributed by atoms with Crippen LogP contribution in [0.3, 0.4) is 0 Å². The van der Waals surface area contributed by atoms with Gasteiger partial charge >= 0.3 is 0 Å². The SMILES string of the molecule is CC(=O)c1c(C)c(C)c2c(C)cccc2c1C(C)=O. The number of hydrogen-bond donors (Lipinski definition) is 0. The molecule has 98 valence electrons. The highest BCUT2D eigenvalue weighted by Crippen LogP contribution is 2.32. The minimum atomic E-state index is -0.0519. The molecule has 0 fully saturated rings. The van der Waals surface area contributed by atoms with Crippen LogP contribution in [0.1, 0.15) is 51.3 Å². The van der Waals surface area contributed by atoms with Crippen LogP contribution in [0.15, 0.2) is 18.2 Å². The van der Waals surface area contributed by atoms with Gasteiger partial charge in [0.2, 0.25) is 0 Å². The Morgan fingerprint density at radius 2 is 1.42 bits per heavy atom. The van der Waals surface area contributed by atoms with Crippen molar-refractivity contribution in [3.05, 3.63) is 46.0 Å². The number of carbonyl (C=O) groups is 2. The molecule has 19 heavy (non-hydrogen) atoms. The topological polar surface area (TPSA) is 34.1 Å². The van der Waals surface area contributed by atoms with E-state index in [4.69, 9.17) is 0 Å². The Balaban J connectivity index is 3.14. The fraction of sp³-hybridized carbons (Fsp3) is 0.294. The number of carbonyl (C=O) groups excluding carboxylic acids is 2. The van der Waals surface area contributed by atoms with Crippen molar-refractivity contribution in [2.75, 3.05) is 0 Å². The second-order valence-electron chi connectivity index (χ2n) is 5.11. The molecule has 0 aromatic heterocycles. The van der Waals surface area contributed by atoms with Gasteiger partial charge in [-0.25, -0.2) is 0 Å². The van der Waals surface area contributed by atoms with Crippen molar-refractivity contribution in [3.8, 4) is 0 Å². The summed E-state index contributed by atoms with van der Waals surface area (Å²) in [5.74, 6) is -0.0990. The second-order valence-corrected chi connectivity index (χ2v) is 5.11. The normalized spacial score (nSPS) is 10.8. The summed E-state index contributed by atoms with van der Waals surface area (Å²) < 4.78 is 0. The first-order valence-corrected chi connectivity index (χ1v) is 6.40. The molecule has 0 radical (unpaired) electrons. The average molecular weight is 254 g/mol. The van der Waals surface area contributed by atoms with Gasteiger partial charge in [0, 0.05) is 11.1 Å². The predicted molar refractivity (Wildman–Crippen MR) is 78.2 cm³/mol. The van der Waals surface area contributed by atoms with E-state index in [-0.39, 0.29) is 11.6 Å². The van der Waals surface area contributed by atoms with Crippen molar-refractivity contribution in [2.45, 2.75) is 34.6 Å². The zero-order chi connectivity index (χ0) is 14.3. The lowest BCUT2D eigenvalue weighted by atomic mass is 9.85. The lowest BCUT2D eigenvalue weighted by Gasteiger charge is -2.17. The Morgan fingerprint density at radius 3 is 1.95 bits per heavy atom. The Bertz CT molecular complexity index is 709. The molecule has 0 spiro atoms. The highest BCUT2D eigenvalue weighted by atomic mass is 16.1. The standard InChI is InChI=1S/C17H18O2/c1-9-7-6-8-14-15(9)10(2)11(3)16(12(4)18)17(14)13(5)19/h6-8H,1-5H3. The smallest absolute Gasteiger partial charge is 0.161 e. The first-order chi connectivity index (χ1) is 8.86. The van der Waals surface area contributed by atoms with Gasteiger partial charge in [-0.3, -0.25) is 9.59 Å². The van der Waals surface area contributed by atoms with Gasteiger partial charge in [-0.15, -0.1) is 0 Å². The van der Waals surface area contributed by atoms with Gasteiger partial charge in [0.25, 0.3) is 0 Å². The van der Waals surface area contributed by atoms with Crippen LogP contribution >= 0.6 is 0 Å². The molecular formula is C17H18O2. The van der Waals surface area contributed by atoms with Crippen LogP contribution in [0.2, 0.25) is 0 Å². The lowest BCUT2D eigenvalue weighted by molar-refractivity contribution is 0.0981. The van der Waals surface area contributed by atoms with Gasteiger partial charge in [-0.05, 0) is 62.1 Å². The molecule has 2 nitrogen and oxygen atoms in total. The van der Waals surface area contributed by atoms with Crippen LogP contribution in [-0.4, -0.2) is 11.6 Å².